The Morgan fingerprint density at radius 1 is 1.34 bits per heavy atom. The van der Waals surface area contributed by atoms with Crippen LogP contribution in [0.5, 0.6) is 0 Å². The van der Waals surface area contributed by atoms with E-state index in [-0.39, 0.29) is 16.5 Å². The lowest BCUT2D eigenvalue weighted by atomic mass is 10.1. The number of pyridine rings is 1. The Morgan fingerprint density at radius 3 is 3.00 bits per heavy atom. The zero-order valence-electron chi connectivity index (χ0n) is 15.7. The SMILES string of the molecule is C[C@@H]1CN(c2cc(F)c3cc(-c4cn5cccc(Cl)c5n4)c(=O)oc3c2)CCN1. The Morgan fingerprint density at radius 2 is 2.21 bits per heavy atom. The number of aromatic nitrogens is 2. The van der Waals surface area contributed by atoms with Gasteiger partial charge in [-0.05, 0) is 31.2 Å². The molecule has 1 aliphatic heterocycles. The van der Waals surface area contributed by atoms with Gasteiger partial charge in [-0.25, -0.2) is 14.2 Å². The summed E-state index contributed by atoms with van der Waals surface area (Å²) in [7, 11) is 0. The van der Waals surface area contributed by atoms with Crippen LogP contribution in [0.4, 0.5) is 10.1 Å². The summed E-state index contributed by atoms with van der Waals surface area (Å²) in [5, 5.41) is 4.06. The minimum Gasteiger partial charge on any atom is -0.422 e. The molecule has 0 unspecified atom stereocenters. The molecular formula is C21H18ClFN4O2. The number of hydrogen-bond acceptors (Lipinski definition) is 5. The monoisotopic (exact) mass is 412 g/mol. The molecule has 8 heteroatoms. The zero-order chi connectivity index (χ0) is 20.1. The third-order valence-electron chi connectivity index (χ3n) is 5.23. The largest absolute Gasteiger partial charge is 0.422 e. The average Bonchev–Trinajstić information content (AvgIpc) is 3.13. The van der Waals surface area contributed by atoms with Crippen LogP contribution < -0.4 is 15.8 Å². The summed E-state index contributed by atoms with van der Waals surface area (Å²) >= 11 is 6.17. The van der Waals surface area contributed by atoms with Gasteiger partial charge in [-0.15, -0.1) is 0 Å². The van der Waals surface area contributed by atoms with E-state index in [1.165, 1.54) is 12.1 Å². The molecule has 0 spiro atoms. The Hall–Kier alpha value is -2.90. The van der Waals surface area contributed by atoms with Crippen LogP contribution in [0.1, 0.15) is 6.92 Å². The third kappa shape index (κ3) is 3.16. The van der Waals surface area contributed by atoms with Crippen molar-refractivity contribution < 1.29 is 8.81 Å². The highest BCUT2D eigenvalue weighted by atomic mass is 35.5. The Labute approximate surface area is 170 Å². The Balaban J connectivity index is 1.62. The topological polar surface area (TPSA) is 62.8 Å². The maximum atomic E-state index is 14.9. The van der Waals surface area contributed by atoms with Crippen molar-refractivity contribution in [2.24, 2.45) is 0 Å². The molecule has 1 saturated heterocycles. The number of nitrogens with one attached hydrogen (secondary N) is 1. The summed E-state index contributed by atoms with van der Waals surface area (Å²) in [5.74, 6) is -0.435. The van der Waals surface area contributed by atoms with Gasteiger partial charge in [0.2, 0.25) is 0 Å². The molecule has 0 aliphatic carbocycles. The van der Waals surface area contributed by atoms with Crippen LogP contribution in [-0.2, 0) is 0 Å². The molecule has 3 aromatic heterocycles. The van der Waals surface area contributed by atoms with Crippen molar-refractivity contribution in [1.82, 2.24) is 14.7 Å². The highest BCUT2D eigenvalue weighted by Crippen LogP contribution is 2.29. The summed E-state index contributed by atoms with van der Waals surface area (Å²) < 4.78 is 22.2. The van der Waals surface area contributed by atoms with Gasteiger partial charge in [0.05, 0.1) is 21.7 Å². The minimum atomic E-state index is -0.567. The molecule has 29 heavy (non-hydrogen) atoms. The van der Waals surface area contributed by atoms with Crippen molar-refractivity contribution in [3.63, 3.8) is 0 Å². The molecule has 4 aromatic rings. The predicted molar refractivity (Wildman–Crippen MR) is 111 cm³/mol. The van der Waals surface area contributed by atoms with Gasteiger partial charge in [0, 0.05) is 49.8 Å². The third-order valence-corrected chi connectivity index (χ3v) is 5.53. The summed E-state index contributed by atoms with van der Waals surface area (Å²) in [5.41, 5.74) is 1.46. The van der Waals surface area contributed by atoms with Crippen LogP contribution in [0, 0.1) is 5.82 Å². The van der Waals surface area contributed by atoms with Crippen LogP contribution in [-0.4, -0.2) is 35.1 Å². The van der Waals surface area contributed by atoms with Gasteiger partial charge in [-0.2, -0.15) is 0 Å². The van der Waals surface area contributed by atoms with E-state index in [1.54, 1.807) is 35.0 Å². The molecule has 1 aromatic carbocycles. The van der Waals surface area contributed by atoms with Gasteiger partial charge in [0.1, 0.15) is 11.4 Å². The first-order chi connectivity index (χ1) is 14.0. The first-order valence-electron chi connectivity index (χ1n) is 9.39. The smallest absolute Gasteiger partial charge is 0.345 e. The zero-order valence-corrected chi connectivity index (χ0v) is 16.4. The number of imidazole rings is 1. The van der Waals surface area contributed by atoms with Gasteiger partial charge in [-0.1, -0.05) is 11.6 Å². The van der Waals surface area contributed by atoms with Crippen molar-refractivity contribution in [2.45, 2.75) is 13.0 Å². The molecule has 0 bridgehead atoms. The van der Waals surface area contributed by atoms with E-state index in [9.17, 15) is 9.18 Å². The molecule has 1 atom stereocenters. The van der Waals surface area contributed by atoms with E-state index < -0.39 is 11.4 Å². The van der Waals surface area contributed by atoms with Gasteiger partial charge >= 0.3 is 5.63 Å². The van der Waals surface area contributed by atoms with E-state index in [2.05, 4.69) is 22.1 Å². The molecule has 5 rings (SSSR count). The molecule has 1 aliphatic rings. The second-order valence-corrected chi connectivity index (χ2v) is 7.71. The van der Waals surface area contributed by atoms with E-state index in [0.29, 0.717) is 28.1 Å². The van der Waals surface area contributed by atoms with E-state index in [1.807, 2.05) is 0 Å². The number of piperazine rings is 1. The fourth-order valence-electron chi connectivity index (χ4n) is 3.80. The number of hydrogen-bond donors (Lipinski definition) is 1. The van der Waals surface area contributed by atoms with Crippen LogP contribution in [0.2, 0.25) is 5.02 Å². The molecule has 1 fully saturated rings. The quantitative estimate of drug-likeness (QED) is 0.509. The van der Waals surface area contributed by atoms with Crippen molar-refractivity contribution in [3.8, 4) is 11.3 Å². The molecule has 6 nitrogen and oxygen atoms in total. The lowest BCUT2D eigenvalue weighted by molar-refractivity contribution is 0.483. The first kappa shape index (κ1) is 18.1. The molecule has 0 radical (unpaired) electrons. The van der Waals surface area contributed by atoms with Gasteiger partial charge < -0.3 is 19.0 Å². The molecule has 0 amide bonds. The second-order valence-electron chi connectivity index (χ2n) is 7.30. The normalized spacial score (nSPS) is 17.3. The number of benzene rings is 1. The summed E-state index contributed by atoms with van der Waals surface area (Å²) in [6, 6.07) is 8.51. The van der Waals surface area contributed by atoms with Crippen LogP contribution in [0.3, 0.4) is 0 Å². The molecule has 4 heterocycles. The number of rotatable bonds is 2. The lowest BCUT2D eigenvalue weighted by Gasteiger charge is -2.33. The van der Waals surface area contributed by atoms with Crippen LogP contribution >= 0.6 is 11.6 Å². The minimum absolute atomic E-state index is 0.194. The van der Waals surface area contributed by atoms with Crippen LogP contribution in [0.25, 0.3) is 27.9 Å². The average molecular weight is 413 g/mol. The van der Waals surface area contributed by atoms with E-state index in [0.717, 1.165) is 19.6 Å². The molecule has 0 saturated carbocycles. The fourth-order valence-corrected chi connectivity index (χ4v) is 4.01. The van der Waals surface area contributed by atoms with Crippen molar-refractivity contribution >= 4 is 33.9 Å². The van der Waals surface area contributed by atoms with Crippen molar-refractivity contribution in [1.29, 1.82) is 0 Å². The maximum Gasteiger partial charge on any atom is 0.345 e. The summed E-state index contributed by atoms with van der Waals surface area (Å²) in [6.07, 6.45) is 3.45. The second kappa shape index (κ2) is 6.86. The standard InChI is InChI=1S/C21H18ClFN4O2/c1-12-10-26(6-4-24-12)13-7-17(23)14-9-15(21(28)29-19(14)8-13)18-11-27-5-2-3-16(22)20(27)25-18/h2-3,5,7-9,11-12,24H,4,6,10H2,1H3/t12-/m1/s1. The van der Waals surface area contributed by atoms with E-state index in [4.69, 9.17) is 16.0 Å². The maximum absolute atomic E-state index is 14.9. The highest BCUT2D eigenvalue weighted by Gasteiger charge is 2.20. The summed E-state index contributed by atoms with van der Waals surface area (Å²) in [6.45, 7) is 4.42. The van der Waals surface area contributed by atoms with Gasteiger partial charge in [0.15, 0.2) is 5.65 Å². The van der Waals surface area contributed by atoms with Crippen LogP contribution in [0.15, 0.2) is 51.9 Å². The number of halogens is 2. The fraction of sp³-hybridized carbons (Fsp3) is 0.238. The first-order valence-corrected chi connectivity index (χ1v) is 9.77. The lowest BCUT2D eigenvalue weighted by Crippen LogP contribution is -2.49. The molecular weight excluding hydrogens is 395 g/mol. The Kier molecular flexibility index (Phi) is 4.29. The van der Waals surface area contributed by atoms with E-state index >= 15 is 0 Å². The van der Waals surface area contributed by atoms with Crippen molar-refractivity contribution in [3.05, 3.63) is 64.0 Å². The number of fused-ring (bicyclic) bond motifs is 2. The van der Waals surface area contributed by atoms with Crippen molar-refractivity contribution in [2.75, 3.05) is 24.5 Å². The van der Waals surface area contributed by atoms with Gasteiger partial charge in [0.25, 0.3) is 0 Å². The molecule has 1 N–H and O–H groups in total. The number of anilines is 1. The van der Waals surface area contributed by atoms with Gasteiger partial charge in [-0.3, -0.25) is 0 Å². The molecule has 148 valence electrons. The summed E-state index contributed by atoms with van der Waals surface area (Å²) in [4.78, 5) is 19.1. The highest BCUT2D eigenvalue weighted by molar-refractivity contribution is 6.33. The number of nitrogens with zero attached hydrogens (tertiary/aromatic N) is 3. The Bertz CT molecular complexity index is 1300. The predicted octanol–water partition coefficient (Wildman–Crippen LogP) is 3.70.